The zero-order chi connectivity index (χ0) is 28.4. The number of piperidine rings is 1. The fraction of sp³-hybridized carbons (Fsp3) is 0.385. The standard InChI is InChI=1S/C26H33ClN10O3.ClH/c27-15-3-1-14(2-4-15)23(40)32-21-6-5-18(8-22(21)39)31-24-33-25(36-11-16(29)7-17(30)12-36)35-26(34-24)37-13-20(38)9-19(37)10-28;/h1-6,8,16-17,19-20,38-39H,7,9-13,28-30H2,(H,32,40)(H,31,33,34,35);1H/t16-,17+,19-,20-;/m0./s1. The number of aromatic hydroxyl groups is 1. The normalized spacial score (nSPS) is 22.3. The Morgan fingerprint density at radius 1 is 1.00 bits per heavy atom. The number of hydrogen-bond acceptors (Lipinski definition) is 12. The van der Waals surface area contributed by atoms with Crippen molar-refractivity contribution in [2.45, 2.75) is 37.1 Å². The molecule has 2 saturated heterocycles. The predicted octanol–water partition coefficient (Wildman–Crippen LogP) is 1.41. The van der Waals surface area contributed by atoms with E-state index in [0.29, 0.717) is 67.2 Å². The molecule has 13 nitrogen and oxygen atoms in total. The summed E-state index contributed by atoms with van der Waals surface area (Å²) in [4.78, 5) is 30.3. The topological polar surface area (TPSA) is 205 Å². The Morgan fingerprint density at radius 2 is 1.68 bits per heavy atom. The third-order valence-corrected chi connectivity index (χ3v) is 7.19. The summed E-state index contributed by atoms with van der Waals surface area (Å²) in [6, 6.07) is 10.7. The zero-order valence-corrected chi connectivity index (χ0v) is 23.7. The van der Waals surface area contributed by atoms with Gasteiger partial charge in [0.2, 0.25) is 17.8 Å². The molecule has 0 bridgehead atoms. The monoisotopic (exact) mass is 604 g/mol. The lowest BCUT2D eigenvalue weighted by Crippen LogP contribution is -2.53. The van der Waals surface area contributed by atoms with E-state index in [1.807, 2.05) is 9.80 Å². The van der Waals surface area contributed by atoms with Gasteiger partial charge in [0.05, 0.1) is 11.8 Å². The van der Waals surface area contributed by atoms with E-state index < -0.39 is 6.10 Å². The van der Waals surface area contributed by atoms with Crippen LogP contribution in [0.2, 0.25) is 5.02 Å². The number of β-amino-alcohol motifs (C(OH)–C–C–N with tert-alkyl or cyclic N) is 1. The second kappa shape index (κ2) is 13.0. The van der Waals surface area contributed by atoms with Gasteiger partial charge in [-0.3, -0.25) is 4.79 Å². The lowest BCUT2D eigenvalue weighted by atomic mass is 10.0. The van der Waals surface area contributed by atoms with Gasteiger partial charge in [0, 0.05) is 66.6 Å². The van der Waals surface area contributed by atoms with Crippen LogP contribution in [-0.2, 0) is 0 Å². The lowest BCUT2D eigenvalue weighted by Gasteiger charge is -2.35. The van der Waals surface area contributed by atoms with E-state index in [1.54, 1.807) is 36.4 Å². The summed E-state index contributed by atoms with van der Waals surface area (Å²) in [6.45, 7) is 1.73. The summed E-state index contributed by atoms with van der Waals surface area (Å²) in [5.74, 6) is 0.442. The largest absolute Gasteiger partial charge is 0.506 e. The maximum Gasteiger partial charge on any atom is 0.255 e. The SMILES string of the molecule is Cl.NC[C@@H]1C[C@H](O)CN1c1nc(Nc2ccc(NC(=O)c3ccc(Cl)cc3)c(O)c2)nc(N2C[C@H](N)C[C@H](N)C2)n1. The molecule has 0 aliphatic carbocycles. The fourth-order valence-corrected chi connectivity index (χ4v) is 5.15. The van der Waals surface area contributed by atoms with Gasteiger partial charge in [-0.2, -0.15) is 15.0 Å². The molecule has 4 atom stereocenters. The molecule has 41 heavy (non-hydrogen) atoms. The Bertz CT molecular complexity index is 1360. The van der Waals surface area contributed by atoms with Crippen molar-refractivity contribution in [2.24, 2.45) is 17.2 Å². The van der Waals surface area contributed by atoms with E-state index >= 15 is 0 Å². The van der Waals surface area contributed by atoms with Crippen LogP contribution in [0.1, 0.15) is 23.2 Å². The summed E-state index contributed by atoms with van der Waals surface area (Å²) in [7, 11) is 0. The molecular formula is C26H34Cl2N10O3. The average molecular weight is 606 g/mol. The molecule has 2 fully saturated rings. The van der Waals surface area contributed by atoms with Crippen LogP contribution in [0.3, 0.4) is 0 Å². The highest BCUT2D eigenvalue weighted by atomic mass is 35.5. The van der Waals surface area contributed by atoms with Gasteiger partial charge in [-0.15, -0.1) is 12.4 Å². The van der Waals surface area contributed by atoms with Crippen LogP contribution in [0.5, 0.6) is 5.75 Å². The number of benzene rings is 2. The first kappa shape index (κ1) is 30.5. The summed E-state index contributed by atoms with van der Waals surface area (Å²) < 4.78 is 0. The number of nitrogens with zero attached hydrogens (tertiary/aromatic N) is 5. The van der Waals surface area contributed by atoms with Crippen LogP contribution in [0.4, 0.5) is 29.2 Å². The fourth-order valence-electron chi connectivity index (χ4n) is 5.02. The summed E-state index contributed by atoms with van der Waals surface area (Å²) in [5.41, 5.74) is 19.5. The van der Waals surface area contributed by atoms with Crippen molar-refractivity contribution in [2.75, 3.05) is 46.6 Å². The molecular weight excluding hydrogens is 571 g/mol. The molecule has 3 heterocycles. The van der Waals surface area contributed by atoms with Gasteiger partial charge in [-0.25, -0.2) is 0 Å². The molecule has 3 aromatic rings. The minimum Gasteiger partial charge on any atom is -0.506 e. The quantitative estimate of drug-likeness (QED) is 0.191. The number of halogens is 2. The van der Waals surface area contributed by atoms with E-state index in [1.165, 1.54) is 6.07 Å². The molecule has 10 N–H and O–H groups in total. The number of phenols is 1. The van der Waals surface area contributed by atoms with E-state index in [2.05, 4.69) is 25.6 Å². The van der Waals surface area contributed by atoms with Gasteiger partial charge in [0.15, 0.2) is 0 Å². The maximum atomic E-state index is 12.6. The van der Waals surface area contributed by atoms with Gasteiger partial charge in [-0.1, -0.05) is 11.6 Å². The number of aliphatic hydroxyl groups excluding tert-OH is 1. The summed E-state index contributed by atoms with van der Waals surface area (Å²) in [6.07, 6.45) is 0.666. The zero-order valence-electron chi connectivity index (χ0n) is 22.2. The third-order valence-electron chi connectivity index (χ3n) is 6.94. The number of phenolic OH excluding ortho intramolecular Hbond substituents is 1. The number of hydrogen-bond donors (Lipinski definition) is 7. The number of amides is 1. The van der Waals surface area contributed by atoms with E-state index in [4.69, 9.17) is 28.8 Å². The number of anilines is 5. The number of carbonyl (C=O) groups excluding carboxylic acids is 1. The second-order valence-corrected chi connectivity index (χ2v) is 10.6. The summed E-state index contributed by atoms with van der Waals surface area (Å²) >= 11 is 5.89. The van der Waals surface area contributed by atoms with Crippen molar-refractivity contribution in [3.8, 4) is 5.75 Å². The van der Waals surface area contributed by atoms with Crippen molar-refractivity contribution in [3.63, 3.8) is 0 Å². The van der Waals surface area contributed by atoms with Crippen molar-refractivity contribution in [1.29, 1.82) is 0 Å². The molecule has 15 heteroatoms. The molecule has 1 aromatic heterocycles. The van der Waals surface area contributed by atoms with Crippen molar-refractivity contribution >= 4 is 59.1 Å². The Labute approximate surface area is 248 Å². The number of nitrogens with two attached hydrogens (primary N) is 3. The lowest BCUT2D eigenvalue weighted by molar-refractivity contribution is 0.102. The molecule has 1 amide bonds. The minimum absolute atomic E-state index is 0. The van der Waals surface area contributed by atoms with E-state index in [0.717, 1.165) is 0 Å². The van der Waals surface area contributed by atoms with Gasteiger partial charge in [0.25, 0.3) is 5.91 Å². The molecule has 2 aliphatic rings. The van der Waals surface area contributed by atoms with Gasteiger partial charge >= 0.3 is 0 Å². The molecule has 0 radical (unpaired) electrons. The molecule has 220 valence electrons. The van der Waals surface area contributed by atoms with Crippen LogP contribution >= 0.6 is 24.0 Å². The highest BCUT2D eigenvalue weighted by Crippen LogP contribution is 2.30. The van der Waals surface area contributed by atoms with Crippen molar-refractivity contribution < 1.29 is 15.0 Å². The number of nitrogens with one attached hydrogen (secondary N) is 2. The van der Waals surface area contributed by atoms with E-state index in [9.17, 15) is 15.0 Å². The second-order valence-electron chi connectivity index (χ2n) is 10.2. The van der Waals surface area contributed by atoms with Gasteiger partial charge in [0.1, 0.15) is 5.75 Å². The van der Waals surface area contributed by atoms with Gasteiger partial charge < -0.3 is 47.8 Å². The first-order chi connectivity index (χ1) is 19.2. The van der Waals surface area contributed by atoms with Crippen LogP contribution in [-0.4, -0.2) is 81.5 Å². The van der Waals surface area contributed by atoms with Gasteiger partial charge in [-0.05, 0) is 49.2 Å². The van der Waals surface area contributed by atoms with Crippen LogP contribution < -0.4 is 37.6 Å². The van der Waals surface area contributed by atoms with E-state index in [-0.39, 0.29) is 53.8 Å². The minimum atomic E-state index is -0.547. The average Bonchev–Trinajstić information content (AvgIpc) is 3.30. The molecule has 0 saturated carbocycles. The maximum absolute atomic E-state index is 12.6. The highest BCUT2D eigenvalue weighted by Gasteiger charge is 2.33. The van der Waals surface area contributed by atoms with Crippen molar-refractivity contribution in [1.82, 2.24) is 15.0 Å². The Morgan fingerprint density at radius 3 is 2.34 bits per heavy atom. The number of aliphatic hydroxyl groups is 1. The summed E-state index contributed by atoms with van der Waals surface area (Å²) in [5, 5.41) is 27.2. The Balaban J connectivity index is 0.00000387. The number of carbonyl (C=O) groups is 1. The van der Waals surface area contributed by atoms with Crippen molar-refractivity contribution in [3.05, 3.63) is 53.1 Å². The molecule has 0 unspecified atom stereocenters. The molecule has 2 aliphatic heterocycles. The highest BCUT2D eigenvalue weighted by molar-refractivity contribution is 6.30. The number of aromatic nitrogens is 3. The Hall–Kier alpha value is -3.46. The van der Waals surface area contributed by atoms with Crippen LogP contribution in [0.25, 0.3) is 0 Å². The Kier molecular flexibility index (Phi) is 9.68. The molecule has 0 spiro atoms. The molecule has 2 aromatic carbocycles. The smallest absolute Gasteiger partial charge is 0.255 e. The molecule has 5 rings (SSSR count). The third kappa shape index (κ3) is 7.25. The first-order valence-corrected chi connectivity index (χ1v) is 13.4. The predicted molar refractivity (Wildman–Crippen MR) is 161 cm³/mol. The van der Waals surface area contributed by atoms with Crippen LogP contribution in [0, 0.1) is 0 Å². The number of rotatable bonds is 7. The van der Waals surface area contributed by atoms with Crippen LogP contribution in [0.15, 0.2) is 42.5 Å². The first-order valence-electron chi connectivity index (χ1n) is 13.0.